The van der Waals surface area contributed by atoms with Crippen LogP contribution in [-0.4, -0.2) is 89.0 Å². The lowest BCUT2D eigenvalue weighted by molar-refractivity contribution is -0.143. The Morgan fingerprint density at radius 2 is 1.31 bits per heavy atom. The van der Waals surface area contributed by atoms with Gasteiger partial charge in [0.05, 0.1) is 19.1 Å². The molecule has 0 aromatic rings. The lowest BCUT2D eigenvalue weighted by Gasteiger charge is -2.24. The number of aliphatic carboxylic acids is 1. The van der Waals surface area contributed by atoms with Gasteiger partial charge in [0, 0.05) is 13.0 Å². The number of nitrogens with one attached hydrogen (secondary N) is 3. The van der Waals surface area contributed by atoms with E-state index >= 15 is 0 Å². The lowest BCUT2D eigenvalue weighted by Crippen LogP contribution is -2.58. The van der Waals surface area contributed by atoms with Crippen molar-refractivity contribution in [2.45, 2.75) is 56.3 Å². The molecule has 35 heavy (non-hydrogen) atoms. The first-order chi connectivity index (χ1) is 16.3. The van der Waals surface area contributed by atoms with Crippen LogP contribution in [0.2, 0.25) is 0 Å². The number of amides is 5. The molecule has 5 amide bonds. The van der Waals surface area contributed by atoms with E-state index in [1.54, 1.807) is 0 Å². The average molecular weight is 504 g/mol. The van der Waals surface area contributed by atoms with Gasteiger partial charge in [0.25, 0.3) is 0 Å². The fraction of sp³-hybridized carbons (Fsp3) is 0.611. The molecule has 0 rings (SSSR count). The normalized spacial score (nSPS) is 13.9. The molecule has 0 fully saturated rings. The highest BCUT2D eigenvalue weighted by Gasteiger charge is 2.30. The molecular weight excluding hydrogens is 470 g/mol. The summed E-state index contributed by atoms with van der Waals surface area (Å²) < 4.78 is 0. The number of carbonyl (C=O) groups is 6. The Kier molecular flexibility index (Phi) is 14.0. The van der Waals surface area contributed by atoms with Gasteiger partial charge in [-0.15, -0.1) is 0 Å². The number of hydrogen-bond donors (Lipinski definition) is 10. The van der Waals surface area contributed by atoms with Crippen molar-refractivity contribution in [3.8, 4) is 0 Å². The van der Waals surface area contributed by atoms with E-state index in [-0.39, 0.29) is 38.2 Å². The number of primary amides is 2. The smallest absolute Gasteiger partial charge is 0.326 e. The fourth-order valence-electron chi connectivity index (χ4n) is 2.62. The van der Waals surface area contributed by atoms with Gasteiger partial charge in [-0.1, -0.05) is 0 Å². The van der Waals surface area contributed by atoms with Crippen molar-refractivity contribution in [1.82, 2.24) is 16.0 Å². The van der Waals surface area contributed by atoms with E-state index in [0.717, 1.165) is 0 Å². The number of carboxylic acid groups (broad SMARTS) is 1. The third kappa shape index (κ3) is 13.3. The zero-order valence-corrected chi connectivity index (χ0v) is 18.9. The Morgan fingerprint density at radius 1 is 0.771 bits per heavy atom. The largest absolute Gasteiger partial charge is 0.480 e. The van der Waals surface area contributed by atoms with E-state index in [1.165, 1.54) is 0 Å². The Bertz CT molecular complexity index is 816. The van der Waals surface area contributed by atoms with Crippen molar-refractivity contribution in [2.75, 3.05) is 13.2 Å². The predicted molar refractivity (Wildman–Crippen MR) is 121 cm³/mol. The fourth-order valence-corrected chi connectivity index (χ4v) is 2.62. The number of rotatable bonds is 17. The van der Waals surface area contributed by atoms with E-state index in [4.69, 9.17) is 28.7 Å². The second kappa shape index (κ2) is 15.8. The number of carbonyl (C=O) groups excluding carboxylic acids is 5. The summed E-state index contributed by atoms with van der Waals surface area (Å²) in [6.07, 6.45) is -0.903. The minimum absolute atomic E-state index is 0.0700. The minimum atomic E-state index is -1.66. The highest BCUT2D eigenvalue weighted by molar-refractivity contribution is 5.95. The van der Waals surface area contributed by atoms with Crippen molar-refractivity contribution >= 4 is 41.5 Å². The van der Waals surface area contributed by atoms with Crippen molar-refractivity contribution in [1.29, 1.82) is 0 Å². The summed E-state index contributed by atoms with van der Waals surface area (Å²) in [6, 6.07) is -5.75. The van der Waals surface area contributed by atoms with Crippen LogP contribution in [0.1, 0.15) is 32.1 Å². The van der Waals surface area contributed by atoms with Gasteiger partial charge < -0.3 is 54.8 Å². The molecule has 0 saturated carbocycles. The Balaban J connectivity index is 5.40. The summed E-state index contributed by atoms with van der Waals surface area (Å²) in [4.78, 5) is 74.4. The minimum Gasteiger partial charge on any atom is -0.480 e. The first-order valence-corrected chi connectivity index (χ1v) is 10.4. The molecule has 0 spiro atoms. The second-order valence-electron chi connectivity index (χ2n) is 7.44. The number of nitrogens with two attached hydrogens (primary N) is 5. The van der Waals surface area contributed by atoms with Crippen LogP contribution in [0.5, 0.6) is 0 Å². The van der Waals surface area contributed by atoms with E-state index in [1.807, 2.05) is 0 Å². The maximum Gasteiger partial charge on any atom is 0.326 e. The Morgan fingerprint density at radius 3 is 1.80 bits per heavy atom. The average Bonchev–Trinajstić information content (AvgIpc) is 2.76. The Labute approximate surface area is 200 Å². The third-order valence-corrected chi connectivity index (χ3v) is 4.45. The molecule has 0 aliphatic carbocycles. The number of guanidine groups is 1. The number of hydrogen-bond acceptors (Lipinski definition) is 9. The topological polar surface area (TPSA) is 321 Å². The van der Waals surface area contributed by atoms with Crippen LogP contribution in [0.15, 0.2) is 4.99 Å². The monoisotopic (exact) mass is 503 g/mol. The molecule has 4 atom stereocenters. The van der Waals surface area contributed by atoms with Crippen LogP contribution in [-0.2, 0) is 28.8 Å². The summed E-state index contributed by atoms with van der Waals surface area (Å²) in [5, 5.41) is 25.3. The molecule has 0 heterocycles. The summed E-state index contributed by atoms with van der Waals surface area (Å²) in [7, 11) is 0. The van der Waals surface area contributed by atoms with Crippen molar-refractivity contribution in [3.63, 3.8) is 0 Å². The van der Waals surface area contributed by atoms with Crippen LogP contribution >= 0.6 is 0 Å². The molecule has 15 N–H and O–H groups in total. The van der Waals surface area contributed by atoms with E-state index in [0.29, 0.717) is 0 Å². The number of aliphatic hydroxyl groups excluding tert-OH is 1. The SMILES string of the molecule is NC(=O)CCC(N)C(=O)NC(CO)C(=O)NC(CCCN=C(N)N)C(=O)NC(CC(N)=O)C(=O)O. The molecule has 0 aromatic carbocycles. The van der Waals surface area contributed by atoms with Gasteiger partial charge in [0.1, 0.15) is 18.1 Å². The first kappa shape index (κ1) is 31.0. The molecule has 0 aromatic heterocycles. The molecular formula is C18H33N9O8. The van der Waals surface area contributed by atoms with Crippen molar-refractivity contribution < 1.29 is 39.0 Å². The van der Waals surface area contributed by atoms with Gasteiger partial charge in [0.2, 0.25) is 29.5 Å². The molecule has 198 valence electrons. The molecule has 0 aliphatic rings. The van der Waals surface area contributed by atoms with E-state index in [9.17, 15) is 39.0 Å². The summed E-state index contributed by atoms with van der Waals surface area (Å²) in [5.74, 6) is -6.24. The third-order valence-electron chi connectivity index (χ3n) is 4.45. The number of carboxylic acids is 1. The zero-order chi connectivity index (χ0) is 27.1. The maximum absolute atomic E-state index is 12.7. The number of nitrogens with zero attached hydrogens (tertiary/aromatic N) is 1. The second-order valence-corrected chi connectivity index (χ2v) is 7.44. The first-order valence-electron chi connectivity index (χ1n) is 10.4. The highest BCUT2D eigenvalue weighted by atomic mass is 16.4. The van der Waals surface area contributed by atoms with Gasteiger partial charge in [-0.3, -0.25) is 29.0 Å². The lowest BCUT2D eigenvalue weighted by atomic mass is 10.1. The summed E-state index contributed by atoms with van der Waals surface area (Å²) >= 11 is 0. The van der Waals surface area contributed by atoms with Crippen LogP contribution in [0.4, 0.5) is 0 Å². The molecule has 17 heteroatoms. The van der Waals surface area contributed by atoms with Crippen LogP contribution in [0, 0.1) is 0 Å². The highest BCUT2D eigenvalue weighted by Crippen LogP contribution is 2.03. The van der Waals surface area contributed by atoms with Crippen molar-refractivity contribution in [2.24, 2.45) is 33.7 Å². The number of aliphatic imine (C=N–C) groups is 1. The van der Waals surface area contributed by atoms with Gasteiger partial charge in [-0.05, 0) is 19.3 Å². The maximum atomic E-state index is 12.7. The summed E-state index contributed by atoms with van der Waals surface area (Å²) in [6.45, 7) is -0.803. The predicted octanol–water partition coefficient (Wildman–Crippen LogP) is -5.96. The van der Waals surface area contributed by atoms with Gasteiger partial charge in [-0.25, -0.2) is 4.79 Å². The van der Waals surface area contributed by atoms with Crippen LogP contribution < -0.4 is 44.6 Å². The van der Waals surface area contributed by atoms with E-state index in [2.05, 4.69) is 20.9 Å². The zero-order valence-electron chi connectivity index (χ0n) is 18.9. The molecule has 0 bridgehead atoms. The quantitative estimate of drug-likeness (QED) is 0.0505. The summed E-state index contributed by atoms with van der Waals surface area (Å²) in [5.41, 5.74) is 26.1. The van der Waals surface area contributed by atoms with Crippen LogP contribution in [0.3, 0.4) is 0 Å². The van der Waals surface area contributed by atoms with Gasteiger partial charge >= 0.3 is 5.97 Å². The van der Waals surface area contributed by atoms with E-state index < -0.39 is 72.7 Å². The van der Waals surface area contributed by atoms with Crippen LogP contribution in [0.25, 0.3) is 0 Å². The van der Waals surface area contributed by atoms with Gasteiger partial charge in [0.15, 0.2) is 5.96 Å². The molecule has 0 radical (unpaired) electrons. The molecule has 4 unspecified atom stereocenters. The molecule has 17 nitrogen and oxygen atoms in total. The molecule has 0 saturated heterocycles. The molecule has 0 aliphatic heterocycles. The van der Waals surface area contributed by atoms with Gasteiger partial charge in [-0.2, -0.15) is 0 Å². The van der Waals surface area contributed by atoms with Crippen molar-refractivity contribution in [3.05, 3.63) is 0 Å². The Hall–Kier alpha value is -3.99. The standard InChI is InChI=1S/C18H33N9O8/c19-8(3-4-12(20)29)14(31)27-11(7-28)16(33)25-9(2-1-5-24-18(22)23)15(32)26-10(17(34)35)6-13(21)30/h8-11,28H,1-7,19H2,(H2,20,29)(H2,21,30)(H,25,33)(H,26,32)(H,27,31)(H,34,35)(H4,22,23,24). The number of aliphatic hydroxyl groups is 1.